The molecule has 1 heteroatoms. The van der Waals surface area contributed by atoms with Crippen LogP contribution in [0.3, 0.4) is 0 Å². The van der Waals surface area contributed by atoms with Gasteiger partial charge in [-0.15, -0.1) is 9.24 Å². The second-order valence-corrected chi connectivity index (χ2v) is 4.82. The van der Waals surface area contributed by atoms with Crippen LogP contribution in [0.1, 0.15) is 27.7 Å². The summed E-state index contributed by atoms with van der Waals surface area (Å²) in [6.07, 6.45) is 4.58. The fourth-order valence-corrected chi connectivity index (χ4v) is 2.54. The lowest BCUT2D eigenvalue weighted by atomic mass is 9.85. The maximum absolute atomic E-state index is 2.84. The lowest BCUT2D eigenvalue weighted by molar-refractivity contribution is 0.491. The number of hydrogen-bond acceptors (Lipinski definition) is 0. The SMILES string of the molecule is CC(C)C1=C(P)C=CC1C(C)C. The molecular weight excluding hydrogens is 163 g/mol. The monoisotopic (exact) mass is 182 g/mol. The van der Waals surface area contributed by atoms with Crippen LogP contribution in [0.5, 0.6) is 0 Å². The molecule has 0 aliphatic heterocycles. The predicted octanol–water partition coefficient (Wildman–Crippen LogP) is 3.61. The van der Waals surface area contributed by atoms with Crippen molar-refractivity contribution in [2.75, 3.05) is 0 Å². The van der Waals surface area contributed by atoms with Crippen LogP contribution in [0, 0.1) is 17.8 Å². The first-order valence-corrected chi connectivity index (χ1v) is 5.29. The highest BCUT2D eigenvalue weighted by Gasteiger charge is 2.23. The maximum Gasteiger partial charge on any atom is 0.00149 e. The third-order valence-electron chi connectivity index (χ3n) is 2.52. The van der Waals surface area contributed by atoms with E-state index in [0.29, 0.717) is 11.8 Å². The molecule has 0 fully saturated rings. The second-order valence-electron chi connectivity index (χ2n) is 4.19. The molecule has 0 heterocycles. The Morgan fingerprint density at radius 1 is 1.25 bits per heavy atom. The fourth-order valence-electron chi connectivity index (χ4n) is 1.90. The van der Waals surface area contributed by atoms with Crippen molar-refractivity contribution in [1.29, 1.82) is 0 Å². The molecule has 0 bridgehead atoms. The number of rotatable bonds is 2. The summed E-state index contributed by atoms with van der Waals surface area (Å²) in [5, 5.41) is 1.41. The zero-order valence-corrected chi connectivity index (χ0v) is 9.62. The van der Waals surface area contributed by atoms with Gasteiger partial charge in [0.15, 0.2) is 0 Å². The summed E-state index contributed by atoms with van der Waals surface area (Å²) < 4.78 is 0. The highest BCUT2D eigenvalue weighted by molar-refractivity contribution is 7.23. The topological polar surface area (TPSA) is 0 Å². The lowest BCUT2D eigenvalue weighted by Gasteiger charge is -2.21. The second kappa shape index (κ2) is 3.75. The minimum Gasteiger partial charge on any atom is -0.106 e. The summed E-state index contributed by atoms with van der Waals surface area (Å²) in [5.74, 6) is 2.09. The van der Waals surface area contributed by atoms with Crippen LogP contribution < -0.4 is 0 Å². The van der Waals surface area contributed by atoms with Crippen molar-refractivity contribution in [3.8, 4) is 0 Å². The Bertz CT molecular complexity index is 221. The number of allylic oxidation sites excluding steroid dienone is 4. The molecule has 0 aromatic heterocycles. The van der Waals surface area contributed by atoms with Gasteiger partial charge in [0.05, 0.1) is 0 Å². The maximum atomic E-state index is 2.84. The van der Waals surface area contributed by atoms with E-state index in [1.807, 2.05) is 0 Å². The molecule has 1 rings (SSSR count). The van der Waals surface area contributed by atoms with Crippen LogP contribution in [0.15, 0.2) is 23.0 Å². The zero-order chi connectivity index (χ0) is 9.30. The highest BCUT2D eigenvalue weighted by atomic mass is 31.0. The smallest absolute Gasteiger partial charge is 0.00149 e. The summed E-state index contributed by atoms with van der Waals surface area (Å²) in [5.41, 5.74) is 1.61. The molecule has 1 aliphatic carbocycles. The van der Waals surface area contributed by atoms with Gasteiger partial charge in [0.2, 0.25) is 0 Å². The summed E-state index contributed by atoms with van der Waals surface area (Å²) in [4.78, 5) is 0. The van der Waals surface area contributed by atoms with Gasteiger partial charge in [-0.3, -0.25) is 0 Å². The Balaban J connectivity index is 2.88. The van der Waals surface area contributed by atoms with Crippen LogP contribution >= 0.6 is 9.24 Å². The van der Waals surface area contributed by atoms with Gasteiger partial charge in [0.25, 0.3) is 0 Å². The van der Waals surface area contributed by atoms with Crippen molar-refractivity contribution >= 4 is 9.24 Å². The lowest BCUT2D eigenvalue weighted by Crippen LogP contribution is -2.11. The third-order valence-corrected chi connectivity index (χ3v) is 3.04. The molecule has 1 aliphatic rings. The minimum atomic E-state index is 0.678. The van der Waals surface area contributed by atoms with Gasteiger partial charge >= 0.3 is 0 Å². The summed E-state index contributed by atoms with van der Waals surface area (Å²) >= 11 is 0. The third kappa shape index (κ3) is 1.80. The van der Waals surface area contributed by atoms with Gasteiger partial charge in [-0.1, -0.05) is 45.4 Å². The molecule has 68 valence electrons. The average molecular weight is 182 g/mol. The van der Waals surface area contributed by atoms with E-state index in [1.54, 1.807) is 5.57 Å². The van der Waals surface area contributed by atoms with E-state index < -0.39 is 0 Å². The van der Waals surface area contributed by atoms with Gasteiger partial charge in [0.1, 0.15) is 0 Å². The van der Waals surface area contributed by atoms with E-state index in [4.69, 9.17) is 0 Å². The first-order chi connectivity index (χ1) is 5.54. The minimum absolute atomic E-state index is 0.678. The summed E-state index contributed by atoms with van der Waals surface area (Å²) in [6.45, 7) is 9.14. The van der Waals surface area contributed by atoms with Gasteiger partial charge < -0.3 is 0 Å². The van der Waals surface area contributed by atoms with Crippen LogP contribution in [0.4, 0.5) is 0 Å². The van der Waals surface area contributed by atoms with Crippen molar-refractivity contribution in [3.63, 3.8) is 0 Å². The molecule has 2 unspecified atom stereocenters. The normalized spacial score (nSPS) is 23.4. The summed E-state index contributed by atoms with van der Waals surface area (Å²) in [6, 6.07) is 0. The average Bonchev–Trinajstić information content (AvgIpc) is 2.30. The van der Waals surface area contributed by atoms with Crippen molar-refractivity contribution in [1.82, 2.24) is 0 Å². The van der Waals surface area contributed by atoms with Gasteiger partial charge in [-0.25, -0.2) is 0 Å². The molecule has 0 spiro atoms. The van der Waals surface area contributed by atoms with E-state index in [2.05, 4.69) is 49.1 Å². The van der Waals surface area contributed by atoms with Crippen LogP contribution in [-0.4, -0.2) is 0 Å². The van der Waals surface area contributed by atoms with Crippen molar-refractivity contribution in [3.05, 3.63) is 23.0 Å². The molecule has 0 aromatic rings. The first kappa shape index (κ1) is 9.99. The largest absolute Gasteiger partial charge is 0.106 e. The Morgan fingerprint density at radius 3 is 2.17 bits per heavy atom. The van der Waals surface area contributed by atoms with Crippen molar-refractivity contribution in [2.24, 2.45) is 17.8 Å². The highest BCUT2D eigenvalue weighted by Crippen LogP contribution is 2.38. The predicted molar refractivity (Wildman–Crippen MR) is 59.0 cm³/mol. The van der Waals surface area contributed by atoms with Gasteiger partial charge in [0, 0.05) is 5.92 Å². The molecular formula is C11H19P. The Morgan fingerprint density at radius 2 is 1.83 bits per heavy atom. The molecule has 2 atom stereocenters. The molecule has 12 heavy (non-hydrogen) atoms. The molecule has 0 nitrogen and oxygen atoms in total. The Hall–Kier alpha value is -0.0900. The number of hydrogen-bond donors (Lipinski definition) is 0. The first-order valence-electron chi connectivity index (χ1n) is 4.71. The van der Waals surface area contributed by atoms with Crippen molar-refractivity contribution < 1.29 is 0 Å². The fraction of sp³-hybridized carbons (Fsp3) is 0.636. The summed E-state index contributed by atoms with van der Waals surface area (Å²) in [7, 11) is 2.84. The molecule has 0 radical (unpaired) electrons. The van der Waals surface area contributed by atoms with Gasteiger partial charge in [-0.05, 0) is 17.2 Å². The molecule has 0 saturated heterocycles. The van der Waals surface area contributed by atoms with E-state index in [9.17, 15) is 0 Å². The molecule has 0 saturated carbocycles. The van der Waals surface area contributed by atoms with Crippen LogP contribution in [-0.2, 0) is 0 Å². The van der Waals surface area contributed by atoms with Gasteiger partial charge in [-0.2, -0.15) is 0 Å². The quantitative estimate of drug-likeness (QED) is 0.572. The van der Waals surface area contributed by atoms with E-state index in [0.717, 1.165) is 5.92 Å². The van der Waals surface area contributed by atoms with Crippen LogP contribution in [0.25, 0.3) is 0 Å². The Kier molecular flexibility index (Phi) is 3.12. The molecule has 0 amide bonds. The standard InChI is InChI=1S/C11H19P/c1-7(2)9-5-6-10(12)11(9)8(3)4/h5-9H,12H2,1-4H3. The van der Waals surface area contributed by atoms with E-state index >= 15 is 0 Å². The van der Waals surface area contributed by atoms with E-state index in [1.165, 1.54) is 5.31 Å². The Labute approximate surface area is 78.3 Å². The molecule has 0 aromatic carbocycles. The molecule has 0 N–H and O–H groups in total. The van der Waals surface area contributed by atoms with Crippen molar-refractivity contribution in [2.45, 2.75) is 27.7 Å². The van der Waals surface area contributed by atoms with E-state index in [-0.39, 0.29) is 0 Å². The van der Waals surface area contributed by atoms with Crippen LogP contribution in [0.2, 0.25) is 0 Å². The zero-order valence-electron chi connectivity index (χ0n) is 8.46.